The Balaban J connectivity index is 2.19. The van der Waals surface area contributed by atoms with E-state index in [1.807, 2.05) is 29.8 Å². The summed E-state index contributed by atoms with van der Waals surface area (Å²) in [5.41, 5.74) is 7.67. The van der Waals surface area contributed by atoms with Gasteiger partial charge in [-0.05, 0) is 24.6 Å². The molecule has 1 saturated heterocycles. The Labute approximate surface area is 113 Å². The van der Waals surface area contributed by atoms with E-state index < -0.39 is 0 Å². The minimum Gasteiger partial charge on any atom is -0.369 e. The van der Waals surface area contributed by atoms with E-state index in [0.717, 1.165) is 28.5 Å². The molecule has 1 amide bonds. The Kier molecular flexibility index (Phi) is 2.55. The maximum absolute atomic E-state index is 12.1. The second-order valence-electron chi connectivity index (χ2n) is 4.54. The van der Waals surface area contributed by atoms with Gasteiger partial charge >= 0.3 is 0 Å². The van der Waals surface area contributed by atoms with Gasteiger partial charge in [0.15, 0.2) is 0 Å². The van der Waals surface area contributed by atoms with Crippen molar-refractivity contribution in [1.82, 2.24) is 14.5 Å². The van der Waals surface area contributed by atoms with Crippen LogP contribution in [0, 0.1) is 0 Å². The molecule has 2 heterocycles. The highest BCUT2D eigenvalue weighted by atomic mass is 79.9. The van der Waals surface area contributed by atoms with Gasteiger partial charge in [0.2, 0.25) is 11.9 Å². The Morgan fingerprint density at radius 3 is 2.94 bits per heavy atom. The van der Waals surface area contributed by atoms with Crippen LogP contribution >= 0.6 is 15.9 Å². The maximum Gasteiger partial charge on any atom is 0.245 e. The molecular weight excluding hydrogens is 296 g/mol. The number of hydrogen-bond donors (Lipinski definition) is 1. The van der Waals surface area contributed by atoms with Crippen molar-refractivity contribution in [2.75, 3.05) is 19.3 Å². The van der Waals surface area contributed by atoms with E-state index in [4.69, 9.17) is 5.73 Å². The number of halogens is 1. The number of likely N-dealkylation sites (tertiary alicyclic amines) is 1. The van der Waals surface area contributed by atoms with Crippen LogP contribution in [0.5, 0.6) is 0 Å². The second-order valence-corrected chi connectivity index (χ2v) is 5.45. The number of benzene rings is 1. The zero-order valence-electron chi connectivity index (χ0n) is 9.93. The molecule has 5 nitrogen and oxygen atoms in total. The summed E-state index contributed by atoms with van der Waals surface area (Å²) in [7, 11) is 1.81. The van der Waals surface area contributed by atoms with Gasteiger partial charge in [0.05, 0.1) is 11.0 Å². The first-order valence-electron chi connectivity index (χ1n) is 5.76. The fourth-order valence-corrected chi connectivity index (χ4v) is 2.80. The number of hydrogen-bond acceptors (Lipinski definition) is 3. The average Bonchev–Trinajstić information content (AvgIpc) is 2.81. The van der Waals surface area contributed by atoms with Gasteiger partial charge in [0.1, 0.15) is 6.04 Å². The molecule has 0 bridgehead atoms. The van der Waals surface area contributed by atoms with E-state index in [-0.39, 0.29) is 11.9 Å². The standard InChI is InChI=1S/C12H13BrN4O/c1-16-5-4-9(11(16)18)17-10-6-7(13)2-3-8(10)15-12(17)14/h2-3,6,9H,4-5H2,1H3,(H2,14,15). The van der Waals surface area contributed by atoms with Crippen LogP contribution in [0.2, 0.25) is 0 Å². The van der Waals surface area contributed by atoms with Gasteiger partial charge in [0.25, 0.3) is 0 Å². The van der Waals surface area contributed by atoms with Crippen LogP contribution in [-0.2, 0) is 4.79 Å². The van der Waals surface area contributed by atoms with Crippen molar-refractivity contribution in [1.29, 1.82) is 0 Å². The van der Waals surface area contributed by atoms with Gasteiger partial charge in [-0.25, -0.2) is 4.98 Å². The molecule has 1 atom stereocenters. The highest BCUT2D eigenvalue weighted by molar-refractivity contribution is 9.10. The van der Waals surface area contributed by atoms with E-state index in [0.29, 0.717) is 5.95 Å². The van der Waals surface area contributed by atoms with Gasteiger partial charge in [-0.15, -0.1) is 0 Å². The van der Waals surface area contributed by atoms with Crippen LogP contribution in [0.25, 0.3) is 11.0 Å². The Morgan fingerprint density at radius 2 is 2.28 bits per heavy atom. The molecule has 0 aliphatic carbocycles. The lowest BCUT2D eigenvalue weighted by Crippen LogP contribution is -2.25. The number of nitrogens with zero attached hydrogens (tertiary/aromatic N) is 3. The Hall–Kier alpha value is -1.56. The number of likely N-dealkylation sites (N-methyl/N-ethyl adjacent to an activating group) is 1. The topological polar surface area (TPSA) is 64.2 Å². The number of rotatable bonds is 1. The molecule has 2 N–H and O–H groups in total. The summed E-state index contributed by atoms with van der Waals surface area (Å²) in [5.74, 6) is 0.498. The predicted molar refractivity (Wildman–Crippen MR) is 73.1 cm³/mol. The molecule has 94 valence electrons. The minimum atomic E-state index is -0.228. The second kappa shape index (κ2) is 3.98. The summed E-state index contributed by atoms with van der Waals surface area (Å²) in [5, 5.41) is 0. The molecule has 0 radical (unpaired) electrons. The van der Waals surface area contributed by atoms with Crippen molar-refractivity contribution in [2.45, 2.75) is 12.5 Å². The summed E-state index contributed by atoms with van der Waals surface area (Å²) in [6, 6.07) is 5.54. The van der Waals surface area contributed by atoms with Gasteiger partial charge in [-0.1, -0.05) is 15.9 Å². The molecular formula is C12H13BrN4O. The van der Waals surface area contributed by atoms with Crippen LogP contribution in [-0.4, -0.2) is 34.0 Å². The first kappa shape index (κ1) is 11.5. The number of carbonyl (C=O) groups excluding carboxylic acids is 1. The van der Waals surface area contributed by atoms with Gasteiger partial charge in [-0.2, -0.15) is 0 Å². The smallest absolute Gasteiger partial charge is 0.245 e. The summed E-state index contributed by atoms with van der Waals surface area (Å²) < 4.78 is 2.79. The third-order valence-electron chi connectivity index (χ3n) is 3.39. The third kappa shape index (κ3) is 1.59. The SMILES string of the molecule is CN1CCC(n2c(N)nc3ccc(Br)cc32)C1=O. The number of imidazole rings is 1. The van der Waals surface area contributed by atoms with Gasteiger partial charge < -0.3 is 10.6 Å². The zero-order chi connectivity index (χ0) is 12.9. The van der Waals surface area contributed by atoms with Crippen molar-refractivity contribution in [2.24, 2.45) is 0 Å². The first-order valence-corrected chi connectivity index (χ1v) is 6.55. The maximum atomic E-state index is 12.1. The number of nitrogens with two attached hydrogens (primary N) is 1. The minimum absolute atomic E-state index is 0.0981. The Morgan fingerprint density at radius 1 is 1.50 bits per heavy atom. The molecule has 0 spiro atoms. The molecule has 1 unspecified atom stereocenters. The van der Waals surface area contributed by atoms with E-state index in [2.05, 4.69) is 20.9 Å². The van der Waals surface area contributed by atoms with Crippen LogP contribution in [0.1, 0.15) is 12.5 Å². The lowest BCUT2D eigenvalue weighted by Gasteiger charge is -2.14. The number of aromatic nitrogens is 2. The van der Waals surface area contributed by atoms with Crippen molar-refractivity contribution in [3.05, 3.63) is 22.7 Å². The van der Waals surface area contributed by atoms with Crippen LogP contribution in [0.15, 0.2) is 22.7 Å². The summed E-state index contributed by atoms with van der Waals surface area (Å²) in [4.78, 5) is 18.1. The molecule has 0 saturated carbocycles. The zero-order valence-corrected chi connectivity index (χ0v) is 11.5. The summed E-state index contributed by atoms with van der Waals surface area (Å²) in [6.45, 7) is 0.761. The number of carbonyl (C=O) groups is 1. The summed E-state index contributed by atoms with van der Waals surface area (Å²) >= 11 is 3.43. The number of anilines is 1. The molecule has 1 fully saturated rings. The lowest BCUT2D eigenvalue weighted by atomic mass is 10.2. The van der Waals surface area contributed by atoms with E-state index in [1.54, 1.807) is 4.90 Å². The molecule has 18 heavy (non-hydrogen) atoms. The van der Waals surface area contributed by atoms with Gasteiger partial charge in [-0.3, -0.25) is 9.36 Å². The number of fused-ring (bicyclic) bond motifs is 1. The molecule has 3 rings (SSSR count). The van der Waals surface area contributed by atoms with E-state index in [1.165, 1.54) is 0 Å². The van der Waals surface area contributed by atoms with E-state index in [9.17, 15) is 4.79 Å². The molecule has 1 aliphatic rings. The molecule has 6 heteroatoms. The fraction of sp³-hybridized carbons (Fsp3) is 0.333. The quantitative estimate of drug-likeness (QED) is 0.873. The Bertz CT molecular complexity index is 636. The number of amides is 1. The fourth-order valence-electron chi connectivity index (χ4n) is 2.46. The number of nitrogen functional groups attached to an aromatic ring is 1. The monoisotopic (exact) mass is 308 g/mol. The van der Waals surface area contributed by atoms with Crippen molar-refractivity contribution in [3.8, 4) is 0 Å². The highest BCUT2D eigenvalue weighted by Gasteiger charge is 2.32. The predicted octanol–water partition coefficient (Wildman–Crippen LogP) is 1.78. The molecule has 2 aromatic rings. The van der Waals surface area contributed by atoms with E-state index >= 15 is 0 Å². The first-order chi connectivity index (χ1) is 8.58. The molecule has 1 aliphatic heterocycles. The van der Waals surface area contributed by atoms with Crippen molar-refractivity contribution < 1.29 is 4.79 Å². The van der Waals surface area contributed by atoms with Gasteiger partial charge in [0, 0.05) is 18.1 Å². The third-order valence-corrected chi connectivity index (χ3v) is 3.88. The lowest BCUT2D eigenvalue weighted by molar-refractivity contribution is -0.129. The summed E-state index contributed by atoms with van der Waals surface area (Å²) in [6.07, 6.45) is 0.775. The van der Waals surface area contributed by atoms with Crippen LogP contribution in [0.3, 0.4) is 0 Å². The molecule has 1 aromatic carbocycles. The highest BCUT2D eigenvalue weighted by Crippen LogP contribution is 2.30. The van der Waals surface area contributed by atoms with Crippen molar-refractivity contribution in [3.63, 3.8) is 0 Å². The molecule has 1 aromatic heterocycles. The van der Waals surface area contributed by atoms with Crippen LogP contribution < -0.4 is 5.73 Å². The normalized spacial score (nSPS) is 20.0. The average molecular weight is 309 g/mol. The van der Waals surface area contributed by atoms with Crippen LogP contribution in [0.4, 0.5) is 5.95 Å². The largest absolute Gasteiger partial charge is 0.369 e. The van der Waals surface area contributed by atoms with Crippen molar-refractivity contribution >= 4 is 38.8 Å².